The van der Waals surface area contributed by atoms with Crippen molar-refractivity contribution in [2.45, 2.75) is 16.3 Å². The van der Waals surface area contributed by atoms with Crippen LogP contribution < -0.4 is 10.6 Å². The van der Waals surface area contributed by atoms with Crippen molar-refractivity contribution in [3.05, 3.63) is 48.0 Å². The highest BCUT2D eigenvalue weighted by atomic mass is 32.2. The number of amides is 1. The zero-order valence-corrected chi connectivity index (χ0v) is 15.8. The van der Waals surface area contributed by atoms with Gasteiger partial charge in [0.15, 0.2) is 0 Å². The van der Waals surface area contributed by atoms with Gasteiger partial charge >= 0.3 is 0 Å². The zero-order valence-electron chi connectivity index (χ0n) is 15.0. The molecule has 0 aliphatic carbocycles. The van der Waals surface area contributed by atoms with E-state index in [4.69, 9.17) is 0 Å². The van der Waals surface area contributed by atoms with E-state index in [1.54, 1.807) is 11.8 Å². The van der Waals surface area contributed by atoms with Gasteiger partial charge in [-0.05, 0) is 36.9 Å². The summed E-state index contributed by atoms with van der Waals surface area (Å²) in [6.45, 7) is 5.05. The minimum Gasteiger partial charge on any atom is -0.354 e. The molecule has 2 aromatic rings. The molecule has 1 saturated heterocycles. The zero-order chi connectivity index (χ0) is 17.9. The fourth-order valence-corrected chi connectivity index (χ4v) is 4.30. The Kier molecular flexibility index (Phi) is 5.15. The maximum atomic E-state index is 12.2. The molecule has 4 rings (SSSR count). The Balaban J connectivity index is 1.33. The second-order valence-electron chi connectivity index (χ2n) is 6.91. The van der Waals surface area contributed by atoms with Crippen LogP contribution in [0.5, 0.6) is 0 Å². The number of hydrogen-bond acceptors (Lipinski definition) is 5. The van der Waals surface area contributed by atoms with Gasteiger partial charge in [0.05, 0.1) is 17.9 Å². The third-order valence-electron chi connectivity index (χ3n) is 4.88. The van der Waals surface area contributed by atoms with Gasteiger partial charge in [0.2, 0.25) is 5.91 Å². The first-order chi connectivity index (χ1) is 12.7. The van der Waals surface area contributed by atoms with Gasteiger partial charge in [-0.2, -0.15) is 0 Å². The van der Waals surface area contributed by atoms with Gasteiger partial charge in [0.1, 0.15) is 0 Å². The molecular weight excluding hydrogens is 344 g/mol. The monoisotopic (exact) mass is 368 g/mol. The van der Waals surface area contributed by atoms with Crippen LogP contribution in [0.25, 0.3) is 0 Å². The number of rotatable bonds is 4. The Morgan fingerprint density at radius 1 is 1.08 bits per heavy atom. The molecule has 1 fully saturated rings. The lowest BCUT2D eigenvalue weighted by Crippen LogP contribution is -2.48. The lowest BCUT2D eigenvalue weighted by atomic mass is 10.2. The smallest absolute Gasteiger partial charge is 0.234 e. The van der Waals surface area contributed by atoms with Gasteiger partial charge in [-0.25, -0.2) is 0 Å². The number of para-hydroxylation sites is 1. The van der Waals surface area contributed by atoms with Crippen LogP contribution in [0.4, 0.5) is 11.4 Å². The Bertz CT molecular complexity index is 802. The Morgan fingerprint density at radius 3 is 2.69 bits per heavy atom. The van der Waals surface area contributed by atoms with Crippen LogP contribution in [0, 0.1) is 0 Å². The van der Waals surface area contributed by atoms with Crippen LogP contribution in [0.2, 0.25) is 0 Å². The molecule has 0 aromatic heterocycles. The number of hydrogen-bond donors (Lipinski definition) is 2. The summed E-state index contributed by atoms with van der Waals surface area (Å²) in [7, 11) is 2.12. The van der Waals surface area contributed by atoms with E-state index in [-0.39, 0.29) is 5.91 Å². The number of likely N-dealkylation sites (N-methyl/N-ethyl adjacent to an activating group) is 1. The SMILES string of the molecule is CN1CCN(CC(=O)NCc2ccc3c(c2)Sc2ccccc2N3)CC1. The normalized spacial score (nSPS) is 17.1. The summed E-state index contributed by atoms with van der Waals surface area (Å²) in [5, 5.41) is 6.53. The van der Waals surface area contributed by atoms with Gasteiger partial charge in [-0.15, -0.1) is 0 Å². The largest absolute Gasteiger partial charge is 0.354 e. The van der Waals surface area contributed by atoms with Gasteiger partial charge in [-0.3, -0.25) is 9.69 Å². The number of nitrogens with zero attached hydrogens (tertiary/aromatic N) is 2. The third kappa shape index (κ3) is 4.03. The molecule has 136 valence electrons. The van der Waals surface area contributed by atoms with Crippen molar-refractivity contribution in [3.8, 4) is 0 Å². The van der Waals surface area contributed by atoms with Crippen LogP contribution in [0.1, 0.15) is 5.56 Å². The molecule has 2 aliphatic heterocycles. The molecule has 6 heteroatoms. The molecule has 2 N–H and O–H groups in total. The predicted molar refractivity (Wildman–Crippen MR) is 106 cm³/mol. The molecule has 0 unspecified atom stereocenters. The van der Waals surface area contributed by atoms with E-state index in [9.17, 15) is 4.79 Å². The maximum absolute atomic E-state index is 12.2. The topological polar surface area (TPSA) is 47.6 Å². The number of carbonyl (C=O) groups excluding carboxylic acids is 1. The highest BCUT2D eigenvalue weighted by Gasteiger charge is 2.17. The molecule has 2 heterocycles. The number of benzene rings is 2. The van der Waals surface area contributed by atoms with Crippen LogP contribution in [-0.4, -0.2) is 55.5 Å². The number of piperazine rings is 1. The summed E-state index contributed by atoms with van der Waals surface area (Å²) in [5.74, 6) is 0.100. The highest BCUT2D eigenvalue weighted by Crippen LogP contribution is 2.44. The minimum atomic E-state index is 0.100. The fourth-order valence-electron chi connectivity index (χ4n) is 3.25. The molecule has 0 spiro atoms. The molecule has 0 radical (unpaired) electrons. The van der Waals surface area contributed by atoms with Gasteiger partial charge in [-0.1, -0.05) is 30.0 Å². The van der Waals surface area contributed by atoms with Crippen molar-refractivity contribution < 1.29 is 4.79 Å². The van der Waals surface area contributed by atoms with E-state index in [2.05, 4.69) is 63.9 Å². The molecule has 1 amide bonds. The average molecular weight is 369 g/mol. The first-order valence-electron chi connectivity index (χ1n) is 9.02. The number of nitrogens with one attached hydrogen (secondary N) is 2. The summed E-state index contributed by atoms with van der Waals surface area (Å²) in [5.41, 5.74) is 3.41. The second-order valence-corrected chi connectivity index (χ2v) is 7.99. The van der Waals surface area contributed by atoms with Crippen molar-refractivity contribution in [3.63, 3.8) is 0 Å². The molecule has 0 atom stereocenters. The van der Waals surface area contributed by atoms with Crippen molar-refractivity contribution in [1.82, 2.24) is 15.1 Å². The van der Waals surface area contributed by atoms with Crippen molar-refractivity contribution in [2.24, 2.45) is 0 Å². The van der Waals surface area contributed by atoms with Crippen LogP contribution in [-0.2, 0) is 11.3 Å². The van der Waals surface area contributed by atoms with E-state index in [1.165, 1.54) is 9.79 Å². The molecular formula is C20H24N4OS. The molecule has 26 heavy (non-hydrogen) atoms. The second kappa shape index (κ2) is 7.70. The van der Waals surface area contributed by atoms with Gasteiger partial charge in [0.25, 0.3) is 0 Å². The van der Waals surface area contributed by atoms with E-state index >= 15 is 0 Å². The molecule has 5 nitrogen and oxygen atoms in total. The summed E-state index contributed by atoms with van der Waals surface area (Å²) in [6, 6.07) is 14.7. The van der Waals surface area contributed by atoms with Crippen molar-refractivity contribution in [1.29, 1.82) is 0 Å². The lowest BCUT2D eigenvalue weighted by Gasteiger charge is -2.31. The van der Waals surface area contributed by atoms with Crippen LogP contribution in [0.15, 0.2) is 52.3 Å². The van der Waals surface area contributed by atoms with Crippen molar-refractivity contribution in [2.75, 3.05) is 45.1 Å². The third-order valence-corrected chi connectivity index (χ3v) is 6.01. The van der Waals surface area contributed by atoms with E-state index in [0.717, 1.165) is 43.1 Å². The summed E-state index contributed by atoms with van der Waals surface area (Å²) in [6.07, 6.45) is 0. The first kappa shape index (κ1) is 17.4. The summed E-state index contributed by atoms with van der Waals surface area (Å²) >= 11 is 1.77. The first-order valence-corrected chi connectivity index (χ1v) is 9.83. The van der Waals surface area contributed by atoms with E-state index in [1.807, 2.05) is 6.07 Å². The number of anilines is 2. The van der Waals surface area contributed by atoms with Gasteiger partial charge < -0.3 is 15.5 Å². The molecule has 0 bridgehead atoms. The van der Waals surface area contributed by atoms with Crippen LogP contribution in [0.3, 0.4) is 0 Å². The predicted octanol–water partition coefficient (Wildman–Crippen LogP) is 2.76. The molecule has 2 aromatic carbocycles. The Hall–Kier alpha value is -2.02. The molecule has 2 aliphatic rings. The van der Waals surface area contributed by atoms with E-state index in [0.29, 0.717) is 13.1 Å². The van der Waals surface area contributed by atoms with Crippen LogP contribution >= 0.6 is 11.8 Å². The van der Waals surface area contributed by atoms with Gasteiger partial charge in [0, 0.05) is 42.5 Å². The average Bonchev–Trinajstić information content (AvgIpc) is 2.66. The van der Waals surface area contributed by atoms with Crippen molar-refractivity contribution >= 4 is 29.0 Å². The standard InChI is InChI=1S/C20H24N4OS/c1-23-8-10-24(11-9-23)14-20(25)21-13-15-6-7-17-19(12-15)26-18-5-3-2-4-16(18)22-17/h2-7,12,22H,8-11,13-14H2,1H3,(H,21,25). The summed E-state index contributed by atoms with van der Waals surface area (Å²) in [4.78, 5) is 19.2. The van der Waals surface area contributed by atoms with E-state index < -0.39 is 0 Å². The Morgan fingerprint density at radius 2 is 1.85 bits per heavy atom. The molecule has 0 saturated carbocycles. The Labute approximate surface area is 158 Å². The quantitative estimate of drug-likeness (QED) is 0.742. The minimum absolute atomic E-state index is 0.100. The summed E-state index contributed by atoms with van der Waals surface area (Å²) < 4.78 is 0. The lowest BCUT2D eigenvalue weighted by molar-refractivity contribution is -0.122. The maximum Gasteiger partial charge on any atom is 0.234 e. The number of carbonyl (C=O) groups is 1. The number of fused-ring (bicyclic) bond motifs is 2. The highest BCUT2D eigenvalue weighted by molar-refractivity contribution is 7.99. The fraction of sp³-hybridized carbons (Fsp3) is 0.350.